The number of carbonyl (C=O) groups excluding carboxylic acids is 1. The highest BCUT2D eigenvalue weighted by Gasteiger charge is 2.36. The SMILES string of the molecule is COc1ccccc1NC(=O)C1=C(C)Nc2nc(-c3ccc(F)cc3)nn2C1c1ccc(C)o1. The fraction of sp³-hybridized carbons (Fsp3) is 0.160. The number of halogens is 1. The van der Waals surface area contributed by atoms with Gasteiger partial charge in [0.15, 0.2) is 5.82 Å². The van der Waals surface area contributed by atoms with Crippen LogP contribution in [0.3, 0.4) is 0 Å². The van der Waals surface area contributed by atoms with E-state index < -0.39 is 6.04 Å². The molecule has 1 aliphatic rings. The molecule has 1 atom stereocenters. The number of hydrogen-bond acceptors (Lipinski definition) is 6. The minimum Gasteiger partial charge on any atom is -0.495 e. The van der Waals surface area contributed by atoms with Crippen LogP contribution in [-0.4, -0.2) is 27.8 Å². The van der Waals surface area contributed by atoms with Crippen LogP contribution < -0.4 is 15.4 Å². The Morgan fingerprint density at radius 2 is 1.88 bits per heavy atom. The topological polar surface area (TPSA) is 94.2 Å². The molecule has 0 saturated carbocycles. The first kappa shape index (κ1) is 21.4. The van der Waals surface area contributed by atoms with Gasteiger partial charge in [-0.1, -0.05) is 12.1 Å². The summed E-state index contributed by atoms with van der Waals surface area (Å²) in [6.07, 6.45) is 0. The number of methoxy groups -OCH3 is 1. The van der Waals surface area contributed by atoms with Crippen molar-refractivity contribution in [1.29, 1.82) is 0 Å². The van der Waals surface area contributed by atoms with Crippen LogP contribution in [0.5, 0.6) is 5.75 Å². The molecule has 4 aromatic rings. The molecule has 2 aromatic heterocycles. The number of furan rings is 1. The molecule has 3 heterocycles. The summed E-state index contributed by atoms with van der Waals surface area (Å²) in [4.78, 5) is 18.1. The van der Waals surface area contributed by atoms with Gasteiger partial charge in [0.25, 0.3) is 5.91 Å². The summed E-state index contributed by atoms with van der Waals surface area (Å²) in [5.74, 6) is 1.96. The zero-order valence-electron chi connectivity index (χ0n) is 18.8. The predicted octanol–water partition coefficient (Wildman–Crippen LogP) is 4.92. The summed E-state index contributed by atoms with van der Waals surface area (Å²) in [6.45, 7) is 3.64. The number of rotatable bonds is 5. The summed E-state index contributed by atoms with van der Waals surface area (Å²) < 4.78 is 26.3. The molecule has 34 heavy (non-hydrogen) atoms. The molecule has 1 amide bonds. The van der Waals surface area contributed by atoms with Crippen molar-refractivity contribution in [2.75, 3.05) is 17.7 Å². The summed E-state index contributed by atoms with van der Waals surface area (Å²) >= 11 is 0. The molecule has 0 aliphatic carbocycles. The largest absolute Gasteiger partial charge is 0.495 e. The Morgan fingerprint density at radius 1 is 1.12 bits per heavy atom. The number of ether oxygens (including phenoxy) is 1. The van der Waals surface area contributed by atoms with E-state index in [2.05, 4.69) is 20.7 Å². The Kier molecular flexibility index (Phi) is 5.37. The lowest BCUT2D eigenvalue weighted by Gasteiger charge is -2.27. The van der Waals surface area contributed by atoms with E-state index in [1.165, 1.54) is 12.1 Å². The number of allylic oxidation sites excluding steroid dienone is 1. The number of fused-ring (bicyclic) bond motifs is 1. The van der Waals surface area contributed by atoms with Crippen LogP contribution >= 0.6 is 0 Å². The third-order valence-corrected chi connectivity index (χ3v) is 5.59. The molecule has 5 rings (SSSR count). The second-order valence-corrected chi connectivity index (χ2v) is 7.88. The fourth-order valence-electron chi connectivity index (χ4n) is 3.97. The summed E-state index contributed by atoms with van der Waals surface area (Å²) in [5.41, 5.74) is 2.22. The number of benzene rings is 2. The number of aryl methyl sites for hydroxylation is 1. The minimum absolute atomic E-state index is 0.335. The summed E-state index contributed by atoms with van der Waals surface area (Å²) in [6, 6.07) is 16.1. The second kappa shape index (κ2) is 8.51. The smallest absolute Gasteiger partial charge is 0.256 e. The molecule has 0 fully saturated rings. The number of para-hydroxylation sites is 2. The molecule has 172 valence electrons. The third-order valence-electron chi connectivity index (χ3n) is 5.59. The van der Waals surface area contributed by atoms with Gasteiger partial charge in [0.05, 0.1) is 18.4 Å². The molecule has 1 unspecified atom stereocenters. The number of aromatic nitrogens is 3. The highest BCUT2D eigenvalue weighted by molar-refractivity contribution is 6.06. The van der Waals surface area contributed by atoms with Crippen LogP contribution in [0.15, 0.2) is 76.4 Å². The van der Waals surface area contributed by atoms with Gasteiger partial charge in [-0.15, -0.1) is 5.10 Å². The fourth-order valence-corrected chi connectivity index (χ4v) is 3.97. The maximum atomic E-state index is 13.6. The van der Waals surface area contributed by atoms with E-state index in [9.17, 15) is 9.18 Å². The third kappa shape index (κ3) is 3.81. The molecule has 0 spiro atoms. The van der Waals surface area contributed by atoms with Crippen molar-refractivity contribution >= 4 is 17.5 Å². The number of nitrogens with one attached hydrogen (secondary N) is 2. The molecule has 2 aromatic carbocycles. The van der Waals surface area contributed by atoms with Crippen molar-refractivity contribution in [1.82, 2.24) is 14.8 Å². The monoisotopic (exact) mass is 459 g/mol. The van der Waals surface area contributed by atoms with Gasteiger partial charge in [-0.25, -0.2) is 9.07 Å². The number of carbonyl (C=O) groups is 1. The maximum Gasteiger partial charge on any atom is 0.256 e. The van der Waals surface area contributed by atoms with Gasteiger partial charge in [0.2, 0.25) is 5.95 Å². The Morgan fingerprint density at radius 3 is 2.59 bits per heavy atom. The van der Waals surface area contributed by atoms with Gasteiger partial charge in [-0.3, -0.25) is 4.79 Å². The van der Waals surface area contributed by atoms with Gasteiger partial charge < -0.3 is 19.8 Å². The molecule has 1 aliphatic heterocycles. The Labute approximate surface area is 195 Å². The van der Waals surface area contributed by atoms with Crippen LogP contribution in [0.4, 0.5) is 16.0 Å². The first-order chi connectivity index (χ1) is 16.4. The molecule has 0 radical (unpaired) electrons. The van der Waals surface area contributed by atoms with Crippen LogP contribution in [0.25, 0.3) is 11.4 Å². The highest BCUT2D eigenvalue weighted by Crippen LogP contribution is 2.38. The summed E-state index contributed by atoms with van der Waals surface area (Å²) in [5, 5.41) is 10.8. The van der Waals surface area contributed by atoms with E-state index in [4.69, 9.17) is 9.15 Å². The zero-order chi connectivity index (χ0) is 23.8. The quantitative estimate of drug-likeness (QED) is 0.440. The van der Waals surface area contributed by atoms with E-state index in [1.54, 1.807) is 43.0 Å². The van der Waals surface area contributed by atoms with Crippen molar-refractivity contribution in [3.63, 3.8) is 0 Å². The Hall–Kier alpha value is -4.40. The number of amides is 1. The normalized spacial score (nSPS) is 15.0. The van der Waals surface area contributed by atoms with Crippen molar-refractivity contribution in [3.05, 3.63) is 89.3 Å². The number of nitrogens with zero attached hydrogens (tertiary/aromatic N) is 3. The van der Waals surface area contributed by atoms with Crippen molar-refractivity contribution in [2.24, 2.45) is 0 Å². The number of hydrogen-bond donors (Lipinski definition) is 2. The van der Waals surface area contributed by atoms with Crippen LogP contribution in [0.1, 0.15) is 24.5 Å². The lowest BCUT2D eigenvalue weighted by atomic mass is 10.00. The van der Waals surface area contributed by atoms with Gasteiger partial charge in [-0.05, 0) is 62.4 Å². The summed E-state index contributed by atoms with van der Waals surface area (Å²) in [7, 11) is 1.55. The predicted molar refractivity (Wildman–Crippen MR) is 125 cm³/mol. The molecular formula is C25H22FN5O3. The van der Waals surface area contributed by atoms with Crippen molar-refractivity contribution in [3.8, 4) is 17.1 Å². The lowest BCUT2D eigenvalue weighted by molar-refractivity contribution is -0.113. The lowest BCUT2D eigenvalue weighted by Crippen LogP contribution is -2.31. The van der Waals surface area contributed by atoms with E-state index in [-0.39, 0.29) is 11.7 Å². The molecule has 0 bridgehead atoms. The van der Waals surface area contributed by atoms with Crippen LogP contribution in [0, 0.1) is 12.7 Å². The molecular weight excluding hydrogens is 437 g/mol. The molecule has 2 N–H and O–H groups in total. The second-order valence-electron chi connectivity index (χ2n) is 7.88. The zero-order valence-corrected chi connectivity index (χ0v) is 18.8. The average Bonchev–Trinajstić information content (AvgIpc) is 3.45. The van der Waals surface area contributed by atoms with Gasteiger partial charge in [0.1, 0.15) is 29.1 Å². The van der Waals surface area contributed by atoms with E-state index in [1.807, 2.05) is 31.2 Å². The average molecular weight is 459 g/mol. The van der Waals surface area contributed by atoms with Gasteiger partial charge in [-0.2, -0.15) is 4.98 Å². The Bertz CT molecular complexity index is 1400. The highest BCUT2D eigenvalue weighted by atomic mass is 19.1. The van der Waals surface area contributed by atoms with Crippen molar-refractivity contribution in [2.45, 2.75) is 19.9 Å². The molecule has 8 nitrogen and oxygen atoms in total. The molecule has 9 heteroatoms. The molecule has 0 saturated heterocycles. The van der Waals surface area contributed by atoms with Crippen molar-refractivity contribution < 1.29 is 18.3 Å². The van der Waals surface area contributed by atoms with Crippen LogP contribution in [0.2, 0.25) is 0 Å². The Balaban J connectivity index is 1.58. The standard InChI is InChI=1S/C25H22FN5O3/c1-14-8-13-20(34-14)22-21(24(32)28-18-6-4-5-7-19(18)33-3)15(2)27-25-29-23(30-31(22)25)16-9-11-17(26)12-10-16/h4-13,22H,1-3H3,(H,28,32)(H,27,29,30). The van der Waals surface area contributed by atoms with Gasteiger partial charge in [0, 0.05) is 11.3 Å². The van der Waals surface area contributed by atoms with Crippen LogP contribution in [-0.2, 0) is 4.79 Å². The van der Waals surface area contributed by atoms with E-state index >= 15 is 0 Å². The van der Waals surface area contributed by atoms with E-state index in [0.29, 0.717) is 51.6 Å². The maximum absolute atomic E-state index is 13.6. The first-order valence-electron chi connectivity index (χ1n) is 10.7. The first-order valence-corrected chi connectivity index (χ1v) is 10.7. The van der Waals surface area contributed by atoms with E-state index in [0.717, 1.165) is 0 Å². The van der Waals surface area contributed by atoms with Gasteiger partial charge >= 0.3 is 0 Å². The number of anilines is 2. The minimum atomic E-state index is -0.665.